The second-order valence-corrected chi connectivity index (χ2v) is 7.72. The van der Waals surface area contributed by atoms with Gasteiger partial charge in [-0.05, 0) is 54.1 Å². The van der Waals surface area contributed by atoms with Crippen LogP contribution in [-0.4, -0.2) is 5.78 Å². The van der Waals surface area contributed by atoms with Gasteiger partial charge in [0.25, 0.3) is 0 Å². The van der Waals surface area contributed by atoms with Gasteiger partial charge in [0.2, 0.25) is 0 Å². The number of carbonyl (C=O) groups is 1. The van der Waals surface area contributed by atoms with E-state index in [2.05, 4.69) is 37.2 Å². The van der Waals surface area contributed by atoms with Gasteiger partial charge in [-0.3, -0.25) is 4.79 Å². The molecule has 0 radical (unpaired) electrons. The molecule has 0 amide bonds. The van der Waals surface area contributed by atoms with Crippen LogP contribution in [0.3, 0.4) is 0 Å². The van der Waals surface area contributed by atoms with Crippen LogP contribution in [0.15, 0.2) is 81.7 Å². The lowest BCUT2D eigenvalue weighted by molar-refractivity contribution is 0.0976. The fraction of sp³-hybridized carbons (Fsp3) is 0.0952. The normalized spacial score (nSPS) is 11.8. The summed E-state index contributed by atoms with van der Waals surface area (Å²) in [5.41, 5.74) is 2.41. The van der Waals surface area contributed by atoms with E-state index in [1.165, 1.54) is 12.1 Å². The molecule has 2 nitrogen and oxygen atoms in total. The van der Waals surface area contributed by atoms with Crippen LogP contribution in [0.2, 0.25) is 0 Å². The van der Waals surface area contributed by atoms with Crippen LogP contribution >= 0.6 is 31.9 Å². The lowest BCUT2D eigenvalue weighted by Gasteiger charge is -2.20. The lowest BCUT2D eigenvalue weighted by atomic mass is 9.97. The quantitative estimate of drug-likeness (QED) is 0.397. The molecule has 0 heterocycles. The van der Waals surface area contributed by atoms with Gasteiger partial charge in [-0.15, -0.1) is 0 Å². The first-order valence-corrected chi connectivity index (χ1v) is 9.66. The monoisotopic (exact) mass is 475 g/mol. The average Bonchev–Trinajstić information content (AvgIpc) is 2.64. The number of ketones is 1. The summed E-state index contributed by atoms with van der Waals surface area (Å²) in [4.78, 5) is 12.7. The number of anilines is 1. The third-order valence-corrected chi connectivity index (χ3v) is 5.07. The zero-order valence-corrected chi connectivity index (χ0v) is 16.9. The molecule has 0 spiro atoms. The Morgan fingerprint density at radius 3 is 1.96 bits per heavy atom. The van der Waals surface area contributed by atoms with E-state index in [4.69, 9.17) is 0 Å². The topological polar surface area (TPSA) is 29.1 Å². The Morgan fingerprint density at radius 1 is 0.846 bits per heavy atom. The van der Waals surface area contributed by atoms with E-state index in [9.17, 15) is 9.18 Å². The predicted octanol–water partition coefficient (Wildman–Crippen LogP) is 6.78. The van der Waals surface area contributed by atoms with Gasteiger partial charge in [0.15, 0.2) is 5.78 Å². The summed E-state index contributed by atoms with van der Waals surface area (Å²) >= 11 is 6.79. The first kappa shape index (κ1) is 18.8. The third kappa shape index (κ3) is 5.02. The number of hydrogen-bond acceptors (Lipinski definition) is 2. The van der Waals surface area contributed by atoms with E-state index in [-0.39, 0.29) is 24.1 Å². The first-order chi connectivity index (χ1) is 12.5. The fourth-order valence-electron chi connectivity index (χ4n) is 2.63. The van der Waals surface area contributed by atoms with E-state index in [1.807, 2.05) is 36.4 Å². The number of Topliss-reactive ketones (excluding diaryl/α,β-unsaturated/α-hetero) is 1. The Bertz CT molecular complexity index is 877. The number of benzene rings is 3. The third-order valence-electron chi connectivity index (χ3n) is 4.01. The van der Waals surface area contributed by atoms with Gasteiger partial charge in [-0.25, -0.2) is 4.39 Å². The Kier molecular flexibility index (Phi) is 6.22. The van der Waals surface area contributed by atoms with Crippen molar-refractivity contribution < 1.29 is 9.18 Å². The molecule has 1 atom stereocenters. The molecule has 0 fully saturated rings. The van der Waals surface area contributed by atoms with Crippen LogP contribution in [0.4, 0.5) is 10.1 Å². The Labute approximate surface area is 168 Å². The van der Waals surface area contributed by atoms with Crippen LogP contribution in [0.25, 0.3) is 0 Å². The van der Waals surface area contributed by atoms with Gasteiger partial charge in [0.1, 0.15) is 5.82 Å². The minimum Gasteiger partial charge on any atom is -0.378 e. The Balaban J connectivity index is 1.84. The SMILES string of the molecule is O=C(CC(Nc1ccc(Br)cc1)c1ccc(F)cc1)c1ccc(Br)cc1. The van der Waals surface area contributed by atoms with Crippen molar-refractivity contribution in [3.8, 4) is 0 Å². The molecule has 0 aromatic heterocycles. The molecule has 0 aliphatic carbocycles. The number of hydrogen-bond donors (Lipinski definition) is 1. The Morgan fingerprint density at radius 2 is 1.38 bits per heavy atom. The molecule has 0 aliphatic heterocycles. The highest BCUT2D eigenvalue weighted by Gasteiger charge is 2.17. The second kappa shape index (κ2) is 8.60. The molecular weight excluding hydrogens is 461 g/mol. The van der Waals surface area contributed by atoms with Gasteiger partial charge in [-0.1, -0.05) is 56.1 Å². The van der Waals surface area contributed by atoms with E-state index in [1.54, 1.807) is 24.3 Å². The van der Waals surface area contributed by atoms with Crippen LogP contribution in [0, 0.1) is 5.82 Å². The zero-order chi connectivity index (χ0) is 18.5. The zero-order valence-electron chi connectivity index (χ0n) is 13.8. The maximum absolute atomic E-state index is 13.3. The molecule has 132 valence electrons. The molecule has 3 rings (SSSR count). The van der Waals surface area contributed by atoms with Crippen molar-refractivity contribution in [2.24, 2.45) is 0 Å². The summed E-state index contributed by atoms with van der Waals surface area (Å²) < 4.78 is 15.2. The molecule has 0 bridgehead atoms. The minimum atomic E-state index is -0.296. The molecule has 0 aliphatic rings. The van der Waals surface area contributed by atoms with Gasteiger partial charge >= 0.3 is 0 Å². The van der Waals surface area contributed by atoms with Gasteiger partial charge in [0, 0.05) is 26.6 Å². The first-order valence-electron chi connectivity index (χ1n) is 8.07. The van der Waals surface area contributed by atoms with Crippen molar-refractivity contribution in [2.45, 2.75) is 12.5 Å². The fourth-order valence-corrected chi connectivity index (χ4v) is 3.16. The smallest absolute Gasteiger partial charge is 0.165 e. The average molecular weight is 477 g/mol. The molecule has 0 saturated carbocycles. The van der Waals surface area contributed by atoms with E-state index >= 15 is 0 Å². The van der Waals surface area contributed by atoms with Crippen molar-refractivity contribution in [1.82, 2.24) is 0 Å². The highest BCUT2D eigenvalue weighted by Crippen LogP contribution is 2.26. The number of carbonyl (C=O) groups excluding carboxylic acids is 1. The summed E-state index contributed by atoms with van der Waals surface area (Å²) in [6, 6.07) is 21.0. The summed E-state index contributed by atoms with van der Waals surface area (Å²) in [5.74, 6) is -0.271. The van der Waals surface area contributed by atoms with Gasteiger partial charge < -0.3 is 5.32 Å². The second-order valence-electron chi connectivity index (χ2n) is 5.89. The number of halogens is 3. The highest BCUT2D eigenvalue weighted by molar-refractivity contribution is 9.10. The Hall–Kier alpha value is -1.98. The summed E-state index contributed by atoms with van der Waals surface area (Å²) in [7, 11) is 0. The standard InChI is InChI=1S/C21H16Br2FNO/c22-16-5-1-15(2-6-16)21(26)13-20(14-3-9-18(24)10-4-14)25-19-11-7-17(23)8-12-19/h1-12,20,25H,13H2. The molecule has 1 unspecified atom stereocenters. The van der Waals surface area contributed by atoms with Crippen molar-refractivity contribution in [1.29, 1.82) is 0 Å². The van der Waals surface area contributed by atoms with E-state index in [0.717, 1.165) is 20.2 Å². The highest BCUT2D eigenvalue weighted by atomic mass is 79.9. The largest absolute Gasteiger partial charge is 0.378 e. The minimum absolute atomic E-state index is 0.0245. The predicted molar refractivity (Wildman–Crippen MR) is 110 cm³/mol. The van der Waals surface area contributed by atoms with Crippen LogP contribution < -0.4 is 5.32 Å². The molecule has 1 N–H and O–H groups in total. The lowest BCUT2D eigenvalue weighted by Crippen LogP contribution is -2.16. The maximum Gasteiger partial charge on any atom is 0.165 e. The van der Waals surface area contributed by atoms with Crippen LogP contribution in [0.1, 0.15) is 28.4 Å². The van der Waals surface area contributed by atoms with E-state index in [0.29, 0.717) is 5.56 Å². The number of nitrogens with one attached hydrogen (secondary N) is 1. The molecular formula is C21H16Br2FNO. The van der Waals surface area contributed by atoms with Crippen LogP contribution in [0.5, 0.6) is 0 Å². The number of rotatable bonds is 6. The van der Waals surface area contributed by atoms with Crippen molar-refractivity contribution in [3.63, 3.8) is 0 Å². The molecule has 0 saturated heterocycles. The summed E-state index contributed by atoms with van der Waals surface area (Å²) in [6.07, 6.45) is 0.267. The van der Waals surface area contributed by atoms with Gasteiger partial charge in [0.05, 0.1) is 6.04 Å². The molecule has 26 heavy (non-hydrogen) atoms. The van der Waals surface area contributed by atoms with Crippen molar-refractivity contribution in [3.05, 3.63) is 98.7 Å². The maximum atomic E-state index is 13.3. The van der Waals surface area contributed by atoms with Crippen LogP contribution in [-0.2, 0) is 0 Å². The summed E-state index contributed by atoms with van der Waals surface area (Å²) in [6.45, 7) is 0. The van der Waals surface area contributed by atoms with Gasteiger partial charge in [-0.2, -0.15) is 0 Å². The van der Waals surface area contributed by atoms with E-state index < -0.39 is 0 Å². The molecule has 5 heteroatoms. The van der Waals surface area contributed by atoms with Crippen molar-refractivity contribution in [2.75, 3.05) is 5.32 Å². The molecule has 3 aromatic carbocycles. The van der Waals surface area contributed by atoms with Crippen molar-refractivity contribution >= 4 is 43.3 Å². The molecule has 3 aromatic rings. The summed E-state index contributed by atoms with van der Waals surface area (Å²) in [5, 5.41) is 3.38.